The van der Waals surface area contributed by atoms with Crippen molar-refractivity contribution in [3.8, 4) is 0 Å². The lowest BCUT2D eigenvalue weighted by Gasteiger charge is -2.18. The second kappa shape index (κ2) is 60.7. The van der Waals surface area contributed by atoms with Crippen LogP contribution in [0.15, 0.2) is 60.8 Å². The van der Waals surface area contributed by atoms with Gasteiger partial charge in [0.05, 0.1) is 0 Å². The molecule has 0 spiro atoms. The monoisotopic (exact) mass is 1010 g/mol. The Kier molecular flexibility index (Phi) is 58.2. The van der Waals surface area contributed by atoms with E-state index in [2.05, 4.69) is 81.5 Å². The molecule has 0 saturated heterocycles. The number of allylic oxidation sites excluding steroid dienone is 10. The Morgan fingerprint density at radius 2 is 0.542 bits per heavy atom. The van der Waals surface area contributed by atoms with Gasteiger partial charge >= 0.3 is 17.9 Å². The van der Waals surface area contributed by atoms with Crippen molar-refractivity contribution < 1.29 is 28.6 Å². The van der Waals surface area contributed by atoms with Gasteiger partial charge in [-0.2, -0.15) is 0 Å². The third-order valence-electron chi connectivity index (χ3n) is 13.8. The van der Waals surface area contributed by atoms with E-state index in [-0.39, 0.29) is 31.1 Å². The van der Waals surface area contributed by atoms with Crippen LogP contribution in [0.3, 0.4) is 0 Å². The molecule has 0 bridgehead atoms. The standard InChI is InChI=1S/C66H118O6/c1-4-7-10-13-16-19-22-25-28-30-32-33-34-36-38-41-44-47-50-53-56-59-65(68)71-62-63(61-70-64(67)58-55-52-49-46-43-40-37-27-24-21-18-15-12-9-6-3)72-66(69)60-57-54-51-48-45-42-39-35-31-29-26-23-20-17-14-11-8-5-2/h7,10,16,19,25,28,32-33,36,38,63H,4-6,8-9,11-15,17-18,20-24,26-27,29-31,34-35,37,39-62H2,1-3H3/b10-7-,19-16-,28-25-,33-32-,38-36-. The molecule has 6 nitrogen and oxygen atoms in total. The third-order valence-corrected chi connectivity index (χ3v) is 13.8. The number of unbranched alkanes of at least 4 members (excludes halogenated alkanes) is 36. The van der Waals surface area contributed by atoms with Gasteiger partial charge in [-0.15, -0.1) is 0 Å². The van der Waals surface area contributed by atoms with Crippen LogP contribution in [0.2, 0.25) is 0 Å². The molecule has 0 rings (SSSR count). The molecule has 0 radical (unpaired) electrons. The van der Waals surface area contributed by atoms with Gasteiger partial charge in [0.25, 0.3) is 0 Å². The molecule has 0 saturated carbocycles. The van der Waals surface area contributed by atoms with Gasteiger partial charge in [0.1, 0.15) is 13.2 Å². The SMILES string of the molecule is CC/C=C\C/C=C\C/C=C\C/C=C\C/C=C\CCCCCCCC(=O)OCC(COC(=O)CCCCCCCCCCCCCCCCC)OC(=O)CCCCCCCCCCCCCCCCCCCC. The van der Waals surface area contributed by atoms with Crippen molar-refractivity contribution in [1.82, 2.24) is 0 Å². The third kappa shape index (κ3) is 58.0. The van der Waals surface area contributed by atoms with Crippen molar-refractivity contribution in [2.24, 2.45) is 0 Å². The summed E-state index contributed by atoms with van der Waals surface area (Å²) in [7, 11) is 0. The maximum absolute atomic E-state index is 12.9. The molecule has 0 heterocycles. The zero-order chi connectivity index (χ0) is 52.2. The first-order valence-corrected chi connectivity index (χ1v) is 31.3. The van der Waals surface area contributed by atoms with Crippen molar-refractivity contribution in [2.75, 3.05) is 13.2 Å². The number of carbonyl (C=O) groups is 3. The summed E-state index contributed by atoms with van der Waals surface area (Å²) in [4.78, 5) is 38.3. The van der Waals surface area contributed by atoms with E-state index in [9.17, 15) is 14.4 Å². The summed E-state index contributed by atoms with van der Waals surface area (Å²) in [6.07, 6.45) is 76.4. The Morgan fingerprint density at radius 3 is 0.847 bits per heavy atom. The van der Waals surface area contributed by atoms with Crippen molar-refractivity contribution in [1.29, 1.82) is 0 Å². The lowest BCUT2D eigenvalue weighted by atomic mass is 10.0. The fourth-order valence-corrected chi connectivity index (χ4v) is 9.12. The van der Waals surface area contributed by atoms with Gasteiger partial charge in [0.15, 0.2) is 6.10 Å². The minimum atomic E-state index is -0.780. The van der Waals surface area contributed by atoms with Gasteiger partial charge < -0.3 is 14.2 Å². The molecule has 0 aliphatic carbocycles. The smallest absolute Gasteiger partial charge is 0.306 e. The van der Waals surface area contributed by atoms with E-state index in [1.807, 2.05) is 0 Å². The quantitative estimate of drug-likeness (QED) is 0.0261. The van der Waals surface area contributed by atoms with Gasteiger partial charge in [0.2, 0.25) is 0 Å². The number of carbonyl (C=O) groups excluding carboxylic acids is 3. The lowest BCUT2D eigenvalue weighted by Crippen LogP contribution is -2.30. The van der Waals surface area contributed by atoms with Crippen molar-refractivity contribution in [3.05, 3.63) is 60.8 Å². The molecule has 0 aliphatic rings. The fourth-order valence-electron chi connectivity index (χ4n) is 9.12. The molecule has 0 aromatic heterocycles. The van der Waals surface area contributed by atoms with Crippen LogP contribution >= 0.6 is 0 Å². The number of rotatable bonds is 57. The van der Waals surface area contributed by atoms with Gasteiger partial charge in [0, 0.05) is 19.3 Å². The Morgan fingerprint density at radius 1 is 0.292 bits per heavy atom. The van der Waals surface area contributed by atoms with Gasteiger partial charge in [-0.05, 0) is 64.2 Å². The van der Waals surface area contributed by atoms with Crippen LogP contribution in [0.25, 0.3) is 0 Å². The summed E-state index contributed by atoms with van der Waals surface area (Å²) in [5.74, 6) is -0.875. The Balaban J connectivity index is 4.37. The molecule has 0 N–H and O–H groups in total. The van der Waals surface area contributed by atoms with E-state index >= 15 is 0 Å². The van der Waals surface area contributed by atoms with E-state index in [0.29, 0.717) is 19.3 Å². The van der Waals surface area contributed by atoms with E-state index in [4.69, 9.17) is 14.2 Å². The zero-order valence-electron chi connectivity index (χ0n) is 47.9. The molecule has 0 fully saturated rings. The van der Waals surface area contributed by atoms with Crippen LogP contribution in [-0.2, 0) is 28.6 Å². The average molecular weight is 1010 g/mol. The molecular formula is C66H118O6. The first kappa shape index (κ1) is 69.1. The number of ether oxygens (including phenoxy) is 3. The molecule has 418 valence electrons. The van der Waals surface area contributed by atoms with Crippen LogP contribution in [0.1, 0.15) is 323 Å². The summed E-state index contributed by atoms with van der Waals surface area (Å²) in [6, 6.07) is 0. The van der Waals surface area contributed by atoms with Crippen LogP contribution in [-0.4, -0.2) is 37.2 Å². The predicted molar refractivity (Wildman–Crippen MR) is 312 cm³/mol. The molecule has 0 amide bonds. The topological polar surface area (TPSA) is 78.9 Å². The largest absolute Gasteiger partial charge is 0.462 e. The van der Waals surface area contributed by atoms with Crippen molar-refractivity contribution in [3.63, 3.8) is 0 Å². The van der Waals surface area contributed by atoms with Gasteiger partial charge in [-0.3, -0.25) is 14.4 Å². The minimum Gasteiger partial charge on any atom is -0.462 e. The molecule has 0 aromatic rings. The van der Waals surface area contributed by atoms with E-state index in [1.165, 1.54) is 173 Å². The van der Waals surface area contributed by atoms with Crippen molar-refractivity contribution in [2.45, 2.75) is 329 Å². The molecule has 0 aliphatic heterocycles. The average Bonchev–Trinajstić information content (AvgIpc) is 3.38. The highest BCUT2D eigenvalue weighted by molar-refractivity contribution is 5.71. The molecule has 1 unspecified atom stereocenters. The first-order chi connectivity index (χ1) is 35.5. The maximum Gasteiger partial charge on any atom is 0.306 e. The summed E-state index contributed by atoms with van der Waals surface area (Å²) in [6.45, 7) is 6.56. The number of hydrogen-bond donors (Lipinski definition) is 0. The summed E-state index contributed by atoms with van der Waals surface area (Å²) in [5, 5.41) is 0. The number of esters is 3. The van der Waals surface area contributed by atoms with Crippen LogP contribution in [0.4, 0.5) is 0 Å². The molecule has 6 heteroatoms. The van der Waals surface area contributed by atoms with Gasteiger partial charge in [-0.1, -0.05) is 300 Å². The molecule has 1 atom stereocenters. The fraction of sp³-hybridized carbons (Fsp3) is 0.803. The van der Waals surface area contributed by atoms with Crippen LogP contribution < -0.4 is 0 Å². The van der Waals surface area contributed by atoms with Crippen LogP contribution in [0, 0.1) is 0 Å². The van der Waals surface area contributed by atoms with E-state index in [1.54, 1.807) is 0 Å². The summed E-state index contributed by atoms with van der Waals surface area (Å²) >= 11 is 0. The predicted octanol–water partition coefficient (Wildman–Crippen LogP) is 21.2. The highest BCUT2D eigenvalue weighted by atomic mass is 16.6. The Hall–Kier alpha value is -2.89. The lowest BCUT2D eigenvalue weighted by molar-refractivity contribution is -0.167. The summed E-state index contributed by atoms with van der Waals surface area (Å²) in [5.41, 5.74) is 0. The molecule has 0 aromatic carbocycles. The molecule has 72 heavy (non-hydrogen) atoms. The second-order valence-corrected chi connectivity index (χ2v) is 21.0. The first-order valence-electron chi connectivity index (χ1n) is 31.3. The normalized spacial score (nSPS) is 12.4. The Bertz CT molecular complexity index is 1290. The second-order valence-electron chi connectivity index (χ2n) is 21.0. The minimum absolute atomic E-state index is 0.0758. The maximum atomic E-state index is 12.9. The summed E-state index contributed by atoms with van der Waals surface area (Å²) < 4.78 is 16.9. The highest BCUT2D eigenvalue weighted by Crippen LogP contribution is 2.17. The van der Waals surface area contributed by atoms with E-state index in [0.717, 1.165) is 109 Å². The van der Waals surface area contributed by atoms with Gasteiger partial charge in [-0.25, -0.2) is 0 Å². The molecular weight excluding hydrogens is 889 g/mol. The Labute approximate surface area is 447 Å². The van der Waals surface area contributed by atoms with E-state index < -0.39 is 6.10 Å². The van der Waals surface area contributed by atoms with Crippen LogP contribution in [0.5, 0.6) is 0 Å². The highest BCUT2D eigenvalue weighted by Gasteiger charge is 2.19. The zero-order valence-corrected chi connectivity index (χ0v) is 47.9. The van der Waals surface area contributed by atoms with Crippen molar-refractivity contribution >= 4 is 17.9 Å². The number of hydrogen-bond acceptors (Lipinski definition) is 6.